The molecule has 3 rings (SSSR count). The molecule has 224 valence electrons. The van der Waals surface area contributed by atoms with Crippen molar-refractivity contribution in [1.29, 1.82) is 0 Å². The summed E-state index contributed by atoms with van der Waals surface area (Å²) in [5.41, 5.74) is 0. The number of carboxylic acid groups (broad SMARTS) is 3. The molecule has 0 aromatic heterocycles. The van der Waals surface area contributed by atoms with Gasteiger partial charge in [-0.3, -0.25) is 0 Å². The van der Waals surface area contributed by atoms with Crippen LogP contribution in [-0.2, 0) is 47.5 Å². The molecule has 9 unspecified atom stereocenters. The lowest BCUT2D eigenvalue weighted by atomic mass is 9.95. The van der Waals surface area contributed by atoms with Crippen molar-refractivity contribution in [1.82, 2.24) is 0 Å². The lowest BCUT2D eigenvalue weighted by Crippen LogP contribution is -2.67. The lowest BCUT2D eigenvalue weighted by molar-refractivity contribution is -0.369. The number of ether oxygens (including phenoxy) is 7. The van der Waals surface area contributed by atoms with Gasteiger partial charge in [-0.1, -0.05) is 0 Å². The molecule has 39 heavy (non-hydrogen) atoms. The average molecular weight is 574 g/mol. The van der Waals surface area contributed by atoms with Gasteiger partial charge in [-0.15, -0.1) is 0 Å². The second kappa shape index (κ2) is 12.6. The van der Waals surface area contributed by atoms with Crippen molar-refractivity contribution in [2.24, 2.45) is 0 Å². The van der Waals surface area contributed by atoms with Gasteiger partial charge in [0.25, 0.3) is 0 Å². The molecule has 0 radical (unpaired) electrons. The van der Waals surface area contributed by atoms with Crippen molar-refractivity contribution >= 4 is 17.9 Å². The Morgan fingerprint density at radius 2 is 0.795 bits per heavy atom. The fourth-order valence-corrected chi connectivity index (χ4v) is 4.40. The van der Waals surface area contributed by atoms with Gasteiger partial charge in [-0.05, 0) is 0 Å². The van der Waals surface area contributed by atoms with Crippen LogP contribution in [-0.4, -0.2) is 170 Å². The Bertz CT molecular complexity index is 885. The third kappa shape index (κ3) is 6.15. The molecule has 0 bridgehead atoms. The van der Waals surface area contributed by atoms with E-state index in [1.54, 1.807) is 0 Å². The van der Waals surface area contributed by atoms with E-state index in [1.165, 1.54) is 0 Å². The number of rotatable bonds is 9. The van der Waals surface area contributed by atoms with E-state index in [0.717, 1.165) is 14.2 Å². The summed E-state index contributed by atoms with van der Waals surface area (Å²) in [6, 6.07) is 0. The van der Waals surface area contributed by atoms with Gasteiger partial charge in [0, 0.05) is 14.2 Å². The topological polar surface area (TPSA) is 298 Å². The van der Waals surface area contributed by atoms with Gasteiger partial charge in [-0.2, -0.15) is 0 Å². The Balaban J connectivity index is 1.81. The average Bonchev–Trinajstić information content (AvgIpc) is 2.88. The summed E-state index contributed by atoms with van der Waals surface area (Å²) in [5, 5.41) is 90.8. The van der Waals surface area contributed by atoms with E-state index < -0.39 is 110 Å². The number of carboxylic acids is 3. The summed E-state index contributed by atoms with van der Waals surface area (Å²) in [5.74, 6) is -5.16. The highest BCUT2D eigenvalue weighted by Crippen LogP contribution is 2.33. The Morgan fingerprint density at radius 3 is 1.13 bits per heavy atom. The fourth-order valence-electron chi connectivity index (χ4n) is 4.40. The van der Waals surface area contributed by atoms with Gasteiger partial charge in [0.15, 0.2) is 37.2 Å². The predicted octanol–water partition coefficient (Wildman–Crippen LogP) is -5.99. The molecule has 3 fully saturated rings. The molecule has 0 aliphatic carbocycles. The molecule has 3 saturated heterocycles. The number of aliphatic hydroxyl groups is 6. The van der Waals surface area contributed by atoms with Crippen LogP contribution in [0.3, 0.4) is 0 Å². The van der Waals surface area contributed by atoms with Crippen LogP contribution < -0.4 is 0 Å². The van der Waals surface area contributed by atoms with Crippen LogP contribution in [0.2, 0.25) is 0 Å². The van der Waals surface area contributed by atoms with E-state index in [1.807, 2.05) is 0 Å². The summed E-state index contributed by atoms with van der Waals surface area (Å²) in [7, 11) is 2.09. The largest absolute Gasteiger partial charge is 0.479 e. The molecule has 3 aliphatic heterocycles. The molecule has 15 atom stereocenters. The first-order chi connectivity index (χ1) is 18.2. The van der Waals surface area contributed by atoms with Gasteiger partial charge in [0.2, 0.25) is 0 Å². The molecule has 0 aromatic carbocycles. The van der Waals surface area contributed by atoms with Crippen LogP contribution in [0.15, 0.2) is 0 Å². The third-order valence-electron chi connectivity index (χ3n) is 6.45. The highest BCUT2D eigenvalue weighted by Gasteiger charge is 2.56. The minimum atomic E-state index is -2.23. The molecule has 0 saturated carbocycles. The number of hydrogen-bond donors (Lipinski definition) is 9. The first-order valence-electron chi connectivity index (χ1n) is 11.3. The Kier molecular flexibility index (Phi) is 10.1. The maximum absolute atomic E-state index is 11.9. The number of hydrogen-bond acceptors (Lipinski definition) is 16. The smallest absolute Gasteiger partial charge is 0.335 e. The van der Waals surface area contributed by atoms with Gasteiger partial charge in [0.1, 0.15) is 54.9 Å². The van der Waals surface area contributed by atoms with E-state index in [2.05, 4.69) is 0 Å². The van der Waals surface area contributed by atoms with Gasteiger partial charge in [-0.25, -0.2) is 14.4 Å². The van der Waals surface area contributed by atoms with Crippen LogP contribution in [0, 0.1) is 0 Å². The van der Waals surface area contributed by atoms with Crippen LogP contribution in [0.1, 0.15) is 0 Å². The van der Waals surface area contributed by atoms with E-state index >= 15 is 0 Å². The van der Waals surface area contributed by atoms with Crippen LogP contribution in [0.4, 0.5) is 0 Å². The second-order valence-electron chi connectivity index (χ2n) is 8.87. The number of aliphatic carboxylic acids is 3. The van der Waals surface area contributed by atoms with E-state index in [9.17, 15) is 60.3 Å². The normalized spacial score (nSPS) is 46.9. The summed E-state index contributed by atoms with van der Waals surface area (Å²) < 4.78 is 35.4. The highest BCUT2D eigenvalue weighted by atomic mass is 16.8. The van der Waals surface area contributed by atoms with E-state index in [-0.39, 0.29) is 0 Å². The molecular weight excluding hydrogens is 544 g/mol. The van der Waals surface area contributed by atoms with E-state index in [0.29, 0.717) is 0 Å². The number of carbonyl (C=O) groups is 3. The minimum Gasteiger partial charge on any atom is -0.479 e. The van der Waals surface area contributed by atoms with Crippen molar-refractivity contribution in [2.45, 2.75) is 92.1 Å². The van der Waals surface area contributed by atoms with Crippen molar-refractivity contribution < 1.29 is 93.5 Å². The van der Waals surface area contributed by atoms with Gasteiger partial charge < -0.3 is 79.1 Å². The van der Waals surface area contributed by atoms with Crippen molar-refractivity contribution in [3.05, 3.63) is 0 Å². The predicted molar refractivity (Wildman–Crippen MR) is 112 cm³/mol. The van der Waals surface area contributed by atoms with Crippen LogP contribution in [0.25, 0.3) is 0 Å². The highest BCUT2D eigenvalue weighted by molar-refractivity contribution is 5.74. The second-order valence-corrected chi connectivity index (χ2v) is 8.87. The summed E-state index contributed by atoms with van der Waals surface area (Å²) >= 11 is 0. The molecular formula is C20H30O19. The van der Waals surface area contributed by atoms with E-state index in [4.69, 9.17) is 33.2 Å². The SMILES string of the molecule is COC1OC(C(=O)O)C(O[C@H]2OC(C(=O)O)[C@H](O[C@@H]3OC(C(=O)O)[C@@H](OC)[C@H](O)C3O)C(O)[C@@H]2O)C(O)C1O. The Labute approximate surface area is 218 Å². The zero-order chi connectivity index (χ0) is 29.3. The molecule has 0 aromatic rings. The van der Waals surface area contributed by atoms with Crippen LogP contribution in [0.5, 0.6) is 0 Å². The summed E-state index contributed by atoms with van der Waals surface area (Å²) in [6.07, 6.45) is -29.7. The molecule has 0 spiro atoms. The minimum absolute atomic E-state index is 1.04. The lowest BCUT2D eigenvalue weighted by Gasteiger charge is -2.47. The molecule has 19 heteroatoms. The van der Waals surface area contributed by atoms with Crippen molar-refractivity contribution in [3.8, 4) is 0 Å². The standard InChI is InChI=1S/C20H30O19/c1-33-9-3(21)7(25)19(38-12(9)15(27)28)36-11-5(23)8(26)20(39-14(11)17(31)32)35-10-4(22)6(24)18(34-2)37-13(10)16(29)30/h3-14,18-26H,1-2H3,(H,27,28)(H,29,30)(H,31,32)/t3-,4?,5?,6?,7?,8+,9+,10?,11-,12?,13?,14?,18?,19-,20+/m1/s1. The first kappa shape index (κ1) is 31.4. The molecule has 19 nitrogen and oxygen atoms in total. The maximum atomic E-state index is 11.9. The fraction of sp³-hybridized carbons (Fsp3) is 0.850. The maximum Gasteiger partial charge on any atom is 0.335 e. The van der Waals surface area contributed by atoms with Crippen molar-refractivity contribution in [3.63, 3.8) is 0 Å². The summed E-state index contributed by atoms with van der Waals surface area (Å²) in [6.45, 7) is 0. The monoisotopic (exact) mass is 574 g/mol. The quantitative estimate of drug-likeness (QED) is 0.124. The molecule has 0 amide bonds. The zero-order valence-corrected chi connectivity index (χ0v) is 20.3. The summed E-state index contributed by atoms with van der Waals surface area (Å²) in [4.78, 5) is 35.1. The Morgan fingerprint density at radius 1 is 0.487 bits per heavy atom. The van der Waals surface area contributed by atoms with Gasteiger partial charge >= 0.3 is 17.9 Å². The molecule has 9 N–H and O–H groups in total. The van der Waals surface area contributed by atoms with Crippen molar-refractivity contribution in [2.75, 3.05) is 14.2 Å². The molecule has 3 heterocycles. The Hall–Kier alpha value is -2.11. The van der Waals surface area contributed by atoms with Crippen LogP contribution >= 0.6 is 0 Å². The number of aliphatic hydroxyl groups excluding tert-OH is 6. The number of methoxy groups -OCH3 is 2. The third-order valence-corrected chi connectivity index (χ3v) is 6.45. The van der Waals surface area contributed by atoms with Gasteiger partial charge in [0.05, 0.1) is 0 Å². The zero-order valence-electron chi connectivity index (χ0n) is 20.3. The molecule has 3 aliphatic rings. The first-order valence-corrected chi connectivity index (χ1v) is 11.3.